The van der Waals surface area contributed by atoms with Crippen LogP contribution in [0.4, 0.5) is 5.69 Å². The third-order valence-corrected chi connectivity index (χ3v) is 3.27. The van der Waals surface area contributed by atoms with Crippen molar-refractivity contribution >= 4 is 27.4 Å². The summed E-state index contributed by atoms with van der Waals surface area (Å²) in [7, 11) is 0. The fourth-order valence-corrected chi connectivity index (χ4v) is 1.44. The average Bonchev–Trinajstić information content (AvgIpc) is 2.22. The zero-order valence-corrected chi connectivity index (χ0v) is 12.3. The van der Waals surface area contributed by atoms with Crippen LogP contribution < -0.4 is 5.32 Å². The summed E-state index contributed by atoms with van der Waals surface area (Å²) in [6.07, 6.45) is 3.27. The Hall–Kier alpha value is -1.09. The van der Waals surface area contributed by atoms with Gasteiger partial charge >= 0.3 is 0 Å². The molecule has 0 atom stereocenters. The summed E-state index contributed by atoms with van der Waals surface area (Å²) in [5.41, 5.74) is 1.81. The van der Waals surface area contributed by atoms with Crippen LogP contribution in [0.15, 0.2) is 34.9 Å². The van der Waals surface area contributed by atoms with Gasteiger partial charge in [0.1, 0.15) is 0 Å². The van der Waals surface area contributed by atoms with E-state index in [1.54, 1.807) is 12.3 Å². The molecule has 0 bridgehead atoms. The van der Waals surface area contributed by atoms with E-state index in [0.717, 1.165) is 15.7 Å². The maximum atomic E-state index is 11.6. The molecule has 0 aromatic heterocycles. The van der Waals surface area contributed by atoms with E-state index < -0.39 is 0 Å². The first-order valence-electron chi connectivity index (χ1n) is 5.54. The summed E-state index contributed by atoms with van der Waals surface area (Å²) >= 11 is 3.45. The van der Waals surface area contributed by atoms with Gasteiger partial charge in [0.15, 0.2) is 5.78 Å². The number of hydrogen-bond donors (Lipinski definition) is 1. The first kappa shape index (κ1) is 14.0. The van der Waals surface area contributed by atoms with Crippen LogP contribution in [-0.4, -0.2) is 5.78 Å². The number of carbonyl (C=O) groups excluding carboxylic acids is 1. The van der Waals surface area contributed by atoms with Gasteiger partial charge in [-0.2, -0.15) is 0 Å². The van der Waals surface area contributed by atoms with Gasteiger partial charge in [0.2, 0.25) is 0 Å². The minimum absolute atomic E-state index is 0.110. The van der Waals surface area contributed by atoms with Gasteiger partial charge in [-0.3, -0.25) is 4.79 Å². The van der Waals surface area contributed by atoms with Gasteiger partial charge in [-0.15, -0.1) is 0 Å². The van der Waals surface area contributed by atoms with Crippen molar-refractivity contribution in [3.05, 3.63) is 40.5 Å². The van der Waals surface area contributed by atoms with E-state index in [4.69, 9.17) is 0 Å². The van der Waals surface area contributed by atoms with Crippen LogP contribution in [0.2, 0.25) is 0 Å². The van der Waals surface area contributed by atoms with Crippen molar-refractivity contribution in [1.82, 2.24) is 0 Å². The molecule has 0 spiro atoms. The maximum absolute atomic E-state index is 11.6. The van der Waals surface area contributed by atoms with E-state index in [1.807, 2.05) is 45.9 Å². The average molecular weight is 296 g/mol. The van der Waals surface area contributed by atoms with E-state index in [0.29, 0.717) is 0 Å². The highest BCUT2D eigenvalue weighted by Crippen LogP contribution is 2.20. The summed E-state index contributed by atoms with van der Waals surface area (Å²) < 4.78 is 1.08. The maximum Gasteiger partial charge on any atom is 0.162 e. The number of benzene rings is 1. The topological polar surface area (TPSA) is 29.1 Å². The van der Waals surface area contributed by atoms with Crippen LogP contribution in [0.3, 0.4) is 0 Å². The highest BCUT2D eigenvalue weighted by Gasteiger charge is 2.17. The first-order valence-corrected chi connectivity index (χ1v) is 6.33. The van der Waals surface area contributed by atoms with Crippen LogP contribution in [0, 0.1) is 12.3 Å². The minimum Gasteiger partial charge on any atom is -0.362 e. The Kier molecular flexibility index (Phi) is 4.52. The number of hydrogen-bond acceptors (Lipinski definition) is 2. The van der Waals surface area contributed by atoms with Crippen molar-refractivity contribution in [2.24, 2.45) is 5.41 Å². The lowest BCUT2D eigenvalue weighted by Crippen LogP contribution is -2.17. The molecule has 2 nitrogen and oxygen atoms in total. The Labute approximate surface area is 111 Å². The first-order chi connectivity index (χ1) is 7.80. The van der Waals surface area contributed by atoms with Crippen LogP contribution >= 0.6 is 15.9 Å². The van der Waals surface area contributed by atoms with Gasteiger partial charge < -0.3 is 5.32 Å². The fourth-order valence-electron chi connectivity index (χ4n) is 1.20. The van der Waals surface area contributed by atoms with E-state index >= 15 is 0 Å². The molecule has 17 heavy (non-hydrogen) atoms. The number of rotatable bonds is 3. The molecule has 1 aromatic rings. The zero-order chi connectivity index (χ0) is 13.1. The molecule has 0 saturated carbocycles. The summed E-state index contributed by atoms with van der Waals surface area (Å²) in [5.74, 6) is 0.110. The Balaban J connectivity index is 2.65. The molecule has 0 aliphatic heterocycles. The Morgan fingerprint density at radius 1 is 1.35 bits per heavy atom. The third-order valence-electron chi connectivity index (χ3n) is 2.38. The van der Waals surface area contributed by atoms with Crippen molar-refractivity contribution in [2.75, 3.05) is 5.32 Å². The molecule has 1 rings (SSSR count). The molecule has 1 N–H and O–H groups in total. The molecule has 3 heteroatoms. The fraction of sp³-hybridized carbons (Fsp3) is 0.357. The number of nitrogens with one attached hydrogen (secondary N) is 1. The van der Waals surface area contributed by atoms with Gasteiger partial charge in [0.25, 0.3) is 0 Å². The van der Waals surface area contributed by atoms with Gasteiger partial charge in [0, 0.05) is 21.8 Å². The molecular formula is C14H18BrNO. The highest BCUT2D eigenvalue weighted by molar-refractivity contribution is 9.10. The van der Waals surface area contributed by atoms with E-state index in [1.165, 1.54) is 0 Å². The molecule has 0 aliphatic carbocycles. The Morgan fingerprint density at radius 3 is 2.53 bits per heavy atom. The molecular weight excluding hydrogens is 278 g/mol. The van der Waals surface area contributed by atoms with Crippen LogP contribution in [0.25, 0.3) is 0 Å². The molecule has 1 aromatic carbocycles. The smallest absolute Gasteiger partial charge is 0.162 e. The molecule has 0 saturated heterocycles. The van der Waals surface area contributed by atoms with Crippen molar-refractivity contribution < 1.29 is 4.79 Å². The SMILES string of the molecule is Cc1cc(N/C=C/C(=O)C(C)(C)C)ccc1Br. The third kappa shape index (κ3) is 4.35. The number of carbonyl (C=O) groups is 1. The van der Waals surface area contributed by atoms with E-state index in [-0.39, 0.29) is 11.2 Å². The quantitative estimate of drug-likeness (QED) is 0.843. The number of anilines is 1. The van der Waals surface area contributed by atoms with Crippen molar-refractivity contribution in [2.45, 2.75) is 27.7 Å². The van der Waals surface area contributed by atoms with Crippen LogP contribution in [0.1, 0.15) is 26.3 Å². The number of allylic oxidation sites excluding steroid dienone is 1. The standard InChI is InChI=1S/C14H18BrNO/c1-10-9-11(5-6-12(10)15)16-8-7-13(17)14(2,3)4/h5-9,16H,1-4H3/b8-7+. The second-order valence-corrected chi connectivity index (χ2v) is 5.91. The minimum atomic E-state index is -0.326. The Bertz CT molecular complexity index is 444. The lowest BCUT2D eigenvalue weighted by molar-refractivity contribution is -0.121. The van der Waals surface area contributed by atoms with Gasteiger partial charge in [-0.05, 0) is 36.8 Å². The molecule has 0 aliphatic rings. The van der Waals surface area contributed by atoms with Gasteiger partial charge in [0.05, 0.1) is 0 Å². The van der Waals surface area contributed by atoms with Crippen LogP contribution in [0.5, 0.6) is 0 Å². The predicted molar refractivity (Wildman–Crippen MR) is 76.1 cm³/mol. The van der Waals surface area contributed by atoms with E-state index in [9.17, 15) is 4.79 Å². The van der Waals surface area contributed by atoms with Gasteiger partial charge in [-0.1, -0.05) is 36.7 Å². The molecule has 0 amide bonds. The molecule has 0 radical (unpaired) electrons. The molecule has 0 fully saturated rings. The second kappa shape index (κ2) is 5.50. The molecule has 0 unspecified atom stereocenters. The lowest BCUT2D eigenvalue weighted by atomic mass is 9.91. The second-order valence-electron chi connectivity index (χ2n) is 5.06. The number of aryl methyl sites for hydroxylation is 1. The summed E-state index contributed by atoms with van der Waals surface area (Å²) in [5, 5.41) is 3.09. The number of ketones is 1. The summed E-state index contributed by atoms with van der Waals surface area (Å²) in [4.78, 5) is 11.6. The monoisotopic (exact) mass is 295 g/mol. The van der Waals surface area contributed by atoms with Crippen molar-refractivity contribution in [3.63, 3.8) is 0 Å². The largest absolute Gasteiger partial charge is 0.362 e. The summed E-state index contributed by atoms with van der Waals surface area (Å²) in [6.45, 7) is 7.75. The molecule has 0 heterocycles. The lowest BCUT2D eigenvalue weighted by Gasteiger charge is -2.13. The Morgan fingerprint density at radius 2 is 2.00 bits per heavy atom. The molecule has 92 valence electrons. The predicted octanol–water partition coefficient (Wildman–Crippen LogP) is 4.30. The van der Waals surface area contributed by atoms with E-state index in [2.05, 4.69) is 21.2 Å². The highest BCUT2D eigenvalue weighted by atomic mass is 79.9. The van der Waals surface area contributed by atoms with Crippen molar-refractivity contribution in [1.29, 1.82) is 0 Å². The zero-order valence-electron chi connectivity index (χ0n) is 10.7. The van der Waals surface area contributed by atoms with Crippen molar-refractivity contribution in [3.8, 4) is 0 Å². The summed E-state index contributed by atoms with van der Waals surface area (Å²) in [6, 6.07) is 5.97. The normalized spacial score (nSPS) is 11.8. The number of halogens is 1. The van der Waals surface area contributed by atoms with Gasteiger partial charge in [-0.25, -0.2) is 0 Å². The van der Waals surface area contributed by atoms with Crippen LogP contribution in [-0.2, 0) is 4.79 Å².